The number of nitrogens with zero attached hydrogens (tertiary/aromatic N) is 2. The number of rotatable bonds is 4. The molecule has 0 atom stereocenters. The fourth-order valence-electron chi connectivity index (χ4n) is 2.18. The van der Waals surface area contributed by atoms with Crippen molar-refractivity contribution in [1.29, 1.82) is 0 Å². The number of fused-ring (bicyclic) bond motifs is 1. The first-order chi connectivity index (χ1) is 11.6. The zero-order valence-electron chi connectivity index (χ0n) is 12.3. The number of nitrogen functional groups attached to an aromatic ring is 1. The van der Waals surface area contributed by atoms with Crippen LogP contribution >= 0.6 is 38.6 Å². The summed E-state index contributed by atoms with van der Waals surface area (Å²) < 4.78 is 0.847. The highest BCUT2D eigenvalue weighted by atomic mass is 79.9. The first-order valence-electron chi connectivity index (χ1n) is 6.78. The van der Waals surface area contributed by atoms with Crippen LogP contribution in [0.5, 0.6) is 0 Å². The molecule has 4 aromatic rings. The lowest BCUT2D eigenvalue weighted by atomic mass is 10.3. The summed E-state index contributed by atoms with van der Waals surface area (Å²) >= 11 is 5.87. The molecule has 4 rings (SSSR count). The van der Waals surface area contributed by atoms with Crippen LogP contribution in [0.2, 0.25) is 0 Å². The Bertz CT molecular complexity index is 1060. The molecule has 1 aromatic carbocycles. The van der Waals surface area contributed by atoms with Gasteiger partial charge < -0.3 is 33.0 Å². The molecule has 0 aliphatic carbocycles. The Kier molecular flexibility index (Phi) is 5.18. The van der Waals surface area contributed by atoms with E-state index in [0.717, 1.165) is 20.5 Å². The van der Waals surface area contributed by atoms with Gasteiger partial charge in [-0.25, -0.2) is 9.97 Å². The lowest BCUT2D eigenvalue weighted by Crippen LogP contribution is -3.00. The molecule has 0 aliphatic rings. The molecular weight excluding hydrogens is 492 g/mol. The Morgan fingerprint density at radius 3 is 2.96 bits per heavy atom. The molecule has 0 spiro atoms. The summed E-state index contributed by atoms with van der Waals surface area (Å²) in [6, 6.07) is 5.72. The summed E-state index contributed by atoms with van der Waals surface area (Å²) in [6.45, 7) is 0. The minimum Gasteiger partial charge on any atom is -1.00 e. The van der Waals surface area contributed by atoms with Gasteiger partial charge in [0.05, 0.1) is 17.4 Å². The fraction of sp³-hybridized carbons (Fsp3) is 0. The van der Waals surface area contributed by atoms with E-state index < -0.39 is 0 Å². The Hall–Kier alpha value is -1.82. The van der Waals surface area contributed by atoms with E-state index in [0.29, 0.717) is 15.0 Å². The van der Waals surface area contributed by atoms with E-state index in [9.17, 15) is 4.79 Å². The van der Waals surface area contributed by atoms with E-state index in [1.807, 2.05) is 18.2 Å². The van der Waals surface area contributed by atoms with Gasteiger partial charge in [-0.2, -0.15) is 4.98 Å². The number of anilines is 3. The van der Waals surface area contributed by atoms with Crippen LogP contribution in [0.25, 0.3) is 11.0 Å². The second-order valence-corrected chi connectivity index (χ2v) is 8.28. The molecule has 0 amide bonds. The molecule has 0 aliphatic heterocycles. The van der Waals surface area contributed by atoms with Crippen LogP contribution in [0.4, 0.5) is 16.6 Å². The van der Waals surface area contributed by atoms with Gasteiger partial charge in [0.25, 0.3) is 5.78 Å². The van der Waals surface area contributed by atoms with Gasteiger partial charge in [0, 0.05) is 5.69 Å². The average molecular weight is 502 g/mol. The predicted octanol–water partition coefficient (Wildman–Crippen LogP) is 0.218. The number of hydrogen-bond donors (Lipinski definition) is 3. The van der Waals surface area contributed by atoms with Gasteiger partial charge in [0.15, 0.2) is 11.3 Å². The van der Waals surface area contributed by atoms with E-state index in [-0.39, 0.29) is 28.6 Å². The smallest absolute Gasteiger partial charge is 0.310 e. The Morgan fingerprint density at radius 2 is 2.20 bits per heavy atom. The van der Waals surface area contributed by atoms with Crippen molar-refractivity contribution in [1.82, 2.24) is 15.0 Å². The largest absolute Gasteiger partial charge is 1.00 e. The third-order valence-corrected chi connectivity index (χ3v) is 5.77. The number of thiazole rings is 2. The monoisotopic (exact) mass is 500 g/mol. The first-order valence-corrected chi connectivity index (χ1v) is 9.21. The van der Waals surface area contributed by atoms with Crippen molar-refractivity contribution in [2.45, 2.75) is 0 Å². The summed E-state index contributed by atoms with van der Waals surface area (Å²) in [4.78, 5) is 27.3. The van der Waals surface area contributed by atoms with Gasteiger partial charge in [-0.05, 0) is 34.1 Å². The van der Waals surface area contributed by atoms with Gasteiger partial charge in [-0.1, -0.05) is 22.7 Å². The molecule has 0 fully saturated rings. The van der Waals surface area contributed by atoms with Crippen molar-refractivity contribution in [2.75, 3.05) is 11.1 Å². The molecule has 0 unspecified atom stereocenters. The molecule has 0 saturated carbocycles. The number of halogens is 2. The lowest BCUT2D eigenvalue weighted by Gasteiger charge is -2.01. The van der Waals surface area contributed by atoms with E-state index in [1.54, 1.807) is 12.5 Å². The maximum absolute atomic E-state index is 12.5. The van der Waals surface area contributed by atoms with Gasteiger partial charge in [0.1, 0.15) is 14.5 Å². The van der Waals surface area contributed by atoms with Gasteiger partial charge in [-0.3, -0.25) is 4.79 Å². The van der Waals surface area contributed by atoms with Crippen LogP contribution in [0.1, 0.15) is 14.7 Å². The van der Waals surface area contributed by atoms with Crippen molar-refractivity contribution in [3.8, 4) is 0 Å². The number of ketones is 1. The third-order valence-electron chi connectivity index (χ3n) is 3.25. The summed E-state index contributed by atoms with van der Waals surface area (Å²) in [7, 11) is 0. The lowest BCUT2D eigenvalue weighted by molar-refractivity contribution is -0.374. The number of hydrogen-bond acceptors (Lipinski definition) is 7. The maximum Gasteiger partial charge on any atom is 0.310 e. The average Bonchev–Trinajstić information content (AvgIpc) is 3.26. The van der Waals surface area contributed by atoms with Crippen molar-refractivity contribution < 1.29 is 26.8 Å². The molecule has 3 heterocycles. The molecule has 7 nitrogen and oxygen atoms in total. The standard InChI is InChI=1S/C14H9BrN6OS2.BrH/c15-9-4-17-13(23-9)10(22)11-12(16)21-14(24-11)20-6-1-2-7-8(3-6)19-5-18-7;/h1-5H,16H2,(H,18,19)(H,20,21);1H. The highest BCUT2D eigenvalue weighted by Crippen LogP contribution is 2.31. The second-order valence-electron chi connectivity index (χ2n) is 4.85. The van der Waals surface area contributed by atoms with Crippen molar-refractivity contribution in [3.63, 3.8) is 0 Å². The molecule has 3 aromatic heterocycles. The minimum atomic E-state index is -0.169. The number of H-pyrrole nitrogens is 2. The highest BCUT2D eigenvalue weighted by molar-refractivity contribution is 9.11. The van der Waals surface area contributed by atoms with Gasteiger partial charge >= 0.3 is 5.01 Å². The van der Waals surface area contributed by atoms with Crippen LogP contribution in [0.3, 0.4) is 0 Å². The minimum absolute atomic E-state index is 0. The summed E-state index contributed by atoms with van der Waals surface area (Å²) in [5.41, 5.74) is 8.55. The van der Waals surface area contributed by atoms with Gasteiger partial charge in [-0.15, -0.1) is 0 Å². The van der Waals surface area contributed by atoms with Crippen LogP contribution in [-0.2, 0) is 0 Å². The molecule has 0 radical (unpaired) electrons. The molecular formula is C14H10Br2N6OS2. The fourth-order valence-corrected chi connectivity index (χ4v) is 4.32. The van der Waals surface area contributed by atoms with Crippen molar-refractivity contribution in [3.05, 3.63) is 44.4 Å². The maximum atomic E-state index is 12.5. The Morgan fingerprint density at radius 1 is 1.36 bits per heavy atom. The number of nitrogens with one attached hydrogen (secondary N) is 3. The van der Waals surface area contributed by atoms with Crippen LogP contribution in [0, 0.1) is 0 Å². The third kappa shape index (κ3) is 3.59. The van der Waals surface area contributed by atoms with E-state index in [2.05, 4.69) is 41.2 Å². The van der Waals surface area contributed by atoms with E-state index in [1.165, 1.54) is 22.7 Å². The zero-order valence-corrected chi connectivity index (χ0v) is 17.1. The molecule has 128 valence electrons. The molecule has 5 N–H and O–H groups in total. The summed E-state index contributed by atoms with van der Waals surface area (Å²) in [5.74, 6) is 0.0470. The second kappa shape index (κ2) is 7.20. The molecule has 0 saturated heterocycles. The first kappa shape index (κ1) is 18.0. The summed E-state index contributed by atoms with van der Waals surface area (Å²) in [5, 5.41) is 4.23. The number of aromatic nitrogens is 4. The van der Waals surface area contributed by atoms with Crippen LogP contribution in [0.15, 0.2) is 34.5 Å². The number of benzene rings is 1. The van der Waals surface area contributed by atoms with E-state index >= 15 is 0 Å². The molecule has 25 heavy (non-hydrogen) atoms. The Balaban J connectivity index is 0.00000182. The quantitative estimate of drug-likeness (QED) is 0.346. The number of imidazole rings is 1. The topological polar surface area (TPSA) is 111 Å². The van der Waals surface area contributed by atoms with Crippen LogP contribution < -0.4 is 33.0 Å². The normalized spacial score (nSPS) is 10.6. The zero-order chi connectivity index (χ0) is 16.7. The number of nitrogens with two attached hydrogens (primary N) is 1. The SMILES string of the molecule is Nc1nc(Nc2ccc3nc[nH]c3c2)sc1C(=O)c1[nH+]cc(Br)s1.[Br-]. The van der Waals surface area contributed by atoms with E-state index in [4.69, 9.17) is 5.73 Å². The van der Waals surface area contributed by atoms with Crippen molar-refractivity contribution >= 4 is 72.1 Å². The van der Waals surface area contributed by atoms with Crippen molar-refractivity contribution in [2.24, 2.45) is 0 Å². The number of carbonyl (C=O) groups excluding carboxylic acids is 1. The van der Waals surface area contributed by atoms with Gasteiger partial charge in [0.2, 0.25) is 0 Å². The molecule has 11 heteroatoms. The molecule has 0 bridgehead atoms. The highest BCUT2D eigenvalue weighted by Gasteiger charge is 2.25. The van der Waals surface area contributed by atoms with Crippen LogP contribution in [-0.4, -0.2) is 20.7 Å². The number of aromatic amines is 2. The number of carbonyl (C=O) groups is 1. The predicted molar refractivity (Wildman–Crippen MR) is 97.9 cm³/mol. The summed E-state index contributed by atoms with van der Waals surface area (Å²) in [6.07, 6.45) is 3.36. The Labute approximate surface area is 168 Å².